The zero-order valence-corrected chi connectivity index (χ0v) is 22.6. The normalized spacial score (nSPS) is 18.7. The molecule has 0 N–H and O–H groups in total. The quantitative estimate of drug-likeness (QED) is 0.380. The van der Waals surface area contributed by atoms with Crippen LogP contribution in [0.2, 0.25) is 0 Å². The molecule has 0 radical (unpaired) electrons. The van der Waals surface area contributed by atoms with Crippen molar-refractivity contribution >= 4 is 21.2 Å². The van der Waals surface area contributed by atoms with Crippen LogP contribution >= 0.6 is 0 Å². The van der Waals surface area contributed by atoms with Gasteiger partial charge in [-0.05, 0) is 42.4 Å². The number of hydrogen-bond acceptors (Lipinski definition) is 7. The van der Waals surface area contributed by atoms with Gasteiger partial charge >= 0.3 is 0 Å². The van der Waals surface area contributed by atoms with Crippen LogP contribution < -0.4 is 4.90 Å². The van der Waals surface area contributed by atoms with E-state index in [9.17, 15) is 8.42 Å². The molecule has 4 aromatic rings. The molecule has 38 heavy (non-hydrogen) atoms. The first kappa shape index (κ1) is 25.0. The van der Waals surface area contributed by atoms with E-state index >= 15 is 0 Å². The van der Waals surface area contributed by atoms with E-state index in [1.165, 1.54) is 16.8 Å². The second-order valence-electron chi connectivity index (χ2n) is 10.5. The van der Waals surface area contributed by atoms with Crippen LogP contribution in [0, 0.1) is 0 Å². The van der Waals surface area contributed by atoms with Crippen molar-refractivity contribution in [2.75, 3.05) is 62.7 Å². The Bertz CT molecular complexity index is 1510. The zero-order chi connectivity index (χ0) is 26.1. The van der Waals surface area contributed by atoms with Crippen molar-refractivity contribution in [1.29, 1.82) is 0 Å². The summed E-state index contributed by atoms with van der Waals surface area (Å²) in [6, 6.07) is 23.3. The minimum absolute atomic E-state index is 0.252. The fraction of sp³-hybridized carbons (Fsp3) is 0.379. The van der Waals surface area contributed by atoms with Crippen molar-refractivity contribution in [1.82, 2.24) is 24.4 Å². The van der Waals surface area contributed by atoms with Crippen LogP contribution in [0.25, 0.3) is 16.9 Å². The highest BCUT2D eigenvalue weighted by Crippen LogP contribution is 2.23. The number of hydrogen-bond donors (Lipinski definition) is 0. The summed E-state index contributed by atoms with van der Waals surface area (Å²) in [4.78, 5) is 11.9. The maximum atomic E-state index is 11.7. The SMILES string of the molecule is CN1CCN(c2cccc(Cc3nc4cccc(-c5ccc(CN6CCS(=O)(=O)CC6)cc5)n4n3)c2)CC1. The van der Waals surface area contributed by atoms with Crippen LogP contribution in [-0.2, 0) is 22.8 Å². The monoisotopic (exact) mass is 530 g/mol. The molecule has 0 unspecified atom stereocenters. The largest absolute Gasteiger partial charge is 0.369 e. The number of nitrogens with zero attached hydrogens (tertiary/aromatic N) is 6. The number of rotatable bonds is 6. The number of anilines is 1. The van der Waals surface area contributed by atoms with Gasteiger partial charge in [-0.25, -0.2) is 17.9 Å². The van der Waals surface area contributed by atoms with Gasteiger partial charge in [0.1, 0.15) is 0 Å². The molecule has 0 aliphatic carbocycles. The number of piperazine rings is 1. The Morgan fingerprint density at radius 3 is 2.32 bits per heavy atom. The number of aromatic nitrogens is 3. The summed E-state index contributed by atoms with van der Waals surface area (Å²) in [6.07, 6.45) is 0.688. The molecule has 0 spiro atoms. The maximum Gasteiger partial charge on any atom is 0.156 e. The molecule has 9 heteroatoms. The molecule has 2 aromatic heterocycles. The van der Waals surface area contributed by atoms with E-state index in [4.69, 9.17) is 10.1 Å². The lowest BCUT2D eigenvalue weighted by atomic mass is 10.1. The minimum atomic E-state index is -2.86. The second kappa shape index (κ2) is 10.5. The van der Waals surface area contributed by atoms with Gasteiger partial charge in [-0.1, -0.05) is 42.5 Å². The molecule has 8 nitrogen and oxygen atoms in total. The Balaban J connectivity index is 1.17. The van der Waals surface area contributed by atoms with Gasteiger partial charge in [0.2, 0.25) is 0 Å². The lowest BCUT2D eigenvalue weighted by Crippen LogP contribution is -2.44. The van der Waals surface area contributed by atoms with E-state index in [0.29, 0.717) is 19.5 Å². The van der Waals surface area contributed by atoms with Crippen LogP contribution in [-0.4, -0.2) is 90.6 Å². The van der Waals surface area contributed by atoms with E-state index in [1.54, 1.807) is 0 Å². The van der Waals surface area contributed by atoms with Gasteiger partial charge in [-0.3, -0.25) is 4.90 Å². The van der Waals surface area contributed by atoms with E-state index in [-0.39, 0.29) is 11.5 Å². The van der Waals surface area contributed by atoms with Gasteiger partial charge < -0.3 is 9.80 Å². The minimum Gasteiger partial charge on any atom is -0.369 e. The molecule has 2 aromatic carbocycles. The molecular weight excluding hydrogens is 496 g/mol. The maximum absolute atomic E-state index is 11.7. The first-order valence-corrected chi connectivity index (χ1v) is 15.1. The predicted molar refractivity (Wildman–Crippen MR) is 151 cm³/mol. The number of likely N-dealkylation sites (N-methyl/N-ethyl adjacent to an activating group) is 1. The molecule has 2 aliphatic heterocycles. The van der Waals surface area contributed by atoms with Gasteiger partial charge in [-0.2, -0.15) is 5.10 Å². The fourth-order valence-corrected chi connectivity index (χ4v) is 6.58. The van der Waals surface area contributed by atoms with Crippen LogP contribution in [0.3, 0.4) is 0 Å². The van der Waals surface area contributed by atoms with Gasteiger partial charge in [0.15, 0.2) is 21.3 Å². The third-order valence-electron chi connectivity index (χ3n) is 7.64. The molecule has 2 saturated heterocycles. The summed E-state index contributed by atoms with van der Waals surface area (Å²) in [6.45, 7) is 6.24. The molecule has 2 aliphatic rings. The van der Waals surface area contributed by atoms with Crippen LogP contribution in [0.1, 0.15) is 17.0 Å². The average Bonchev–Trinajstić information content (AvgIpc) is 3.33. The molecule has 4 heterocycles. The first-order chi connectivity index (χ1) is 18.4. The lowest BCUT2D eigenvalue weighted by molar-refractivity contribution is 0.287. The van der Waals surface area contributed by atoms with E-state index in [2.05, 4.69) is 76.3 Å². The van der Waals surface area contributed by atoms with Crippen LogP contribution in [0.15, 0.2) is 66.7 Å². The van der Waals surface area contributed by atoms with Crippen molar-refractivity contribution in [2.45, 2.75) is 13.0 Å². The molecule has 0 atom stereocenters. The molecule has 0 bridgehead atoms. The van der Waals surface area contributed by atoms with Crippen molar-refractivity contribution in [3.05, 3.63) is 83.7 Å². The van der Waals surface area contributed by atoms with Gasteiger partial charge in [0, 0.05) is 63.5 Å². The summed E-state index contributed by atoms with van der Waals surface area (Å²) in [5.41, 5.74) is 6.59. The van der Waals surface area contributed by atoms with E-state index < -0.39 is 9.84 Å². The summed E-state index contributed by atoms with van der Waals surface area (Å²) in [5, 5.41) is 4.89. The molecule has 6 rings (SSSR count). The number of sulfone groups is 1. The third-order valence-corrected chi connectivity index (χ3v) is 9.25. The highest BCUT2D eigenvalue weighted by atomic mass is 32.2. The van der Waals surface area contributed by atoms with Gasteiger partial charge in [0.05, 0.1) is 17.2 Å². The van der Waals surface area contributed by atoms with Gasteiger partial charge in [-0.15, -0.1) is 0 Å². The standard InChI is InChI=1S/C29H34N6O2S/c1-32-12-14-34(15-13-32)26-5-2-4-24(20-26)21-28-30-29-7-3-6-27(35(29)31-28)25-10-8-23(9-11-25)22-33-16-18-38(36,37)19-17-33/h2-11,20H,12-19,21-22H2,1H3. The van der Waals surface area contributed by atoms with Crippen molar-refractivity contribution < 1.29 is 8.42 Å². The molecule has 0 amide bonds. The summed E-state index contributed by atoms with van der Waals surface area (Å²) in [7, 11) is -0.682. The topological polar surface area (TPSA) is 74.0 Å². The lowest BCUT2D eigenvalue weighted by Gasteiger charge is -2.34. The Morgan fingerprint density at radius 2 is 1.55 bits per heavy atom. The molecule has 0 saturated carbocycles. The second-order valence-corrected chi connectivity index (χ2v) is 12.8. The van der Waals surface area contributed by atoms with Crippen LogP contribution in [0.4, 0.5) is 5.69 Å². The molecule has 198 valence electrons. The van der Waals surface area contributed by atoms with Gasteiger partial charge in [0.25, 0.3) is 0 Å². The van der Waals surface area contributed by atoms with Crippen molar-refractivity contribution in [2.24, 2.45) is 0 Å². The highest BCUT2D eigenvalue weighted by Gasteiger charge is 2.21. The molecular formula is C29H34N6O2S. The van der Waals surface area contributed by atoms with Crippen LogP contribution in [0.5, 0.6) is 0 Å². The van der Waals surface area contributed by atoms with E-state index in [0.717, 1.165) is 55.5 Å². The number of fused-ring (bicyclic) bond motifs is 1. The molecule has 2 fully saturated rings. The Kier molecular flexibility index (Phi) is 6.90. The van der Waals surface area contributed by atoms with Crippen molar-refractivity contribution in [3.63, 3.8) is 0 Å². The number of benzene rings is 2. The Hall–Kier alpha value is -3.27. The third kappa shape index (κ3) is 5.60. The summed E-state index contributed by atoms with van der Waals surface area (Å²) < 4.78 is 25.4. The smallest absolute Gasteiger partial charge is 0.156 e. The summed E-state index contributed by atoms with van der Waals surface area (Å²) in [5.74, 6) is 1.31. The van der Waals surface area contributed by atoms with E-state index in [1.807, 2.05) is 16.6 Å². The highest BCUT2D eigenvalue weighted by molar-refractivity contribution is 7.91. The number of pyridine rings is 1. The zero-order valence-electron chi connectivity index (χ0n) is 21.8. The summed E-state index contributed by atoms with van der Waals surface area (Å²) >= 11 is 0. The fourth-order valence-electron chi connectivity index (χ4n) is 5.30. The average molecular weight is 531 g/mol. The Labute approximate surface area is 224 Å². The predicted octanol–water partition coefficient (Wildman–Crippen LogP) is 2.97. The Morgan fingerprint density at radius 1 is 0.816 bits per heavy atom. The first-order valence-electron chi connectivity index (χ1n) is 13.3. The van der Waals surface area contributed by atoms with Crippen molar-refractivity contribution in [3.8, 4) is 11.3 Å².